The Hall–Kier alpha value is -2.53. The Balaban J connectivity index is 1.53. The quantitative estimate of drug-likeness (QED) is 0.760. The van der Waals surface area contributed by atoms with Gasteiger partial charge in [0.1, 0.15) is 0 Å². The summed E-state index contributed by atoms with van der Waals surface area (Å²) in [5, 5.41) is 3.61. The molecule has 0 radical (unpaired) electrons. The van der Waals surface area contributed by atoms with Crippen molar-refractivity contribution in [3.05, 3.63) is 70.2 Å². The molecule has 0 spiro atoms. The van der Waals surface area contributed by atoms with Crippen molar-refractivity contribution in [2.24, 2.45) is 0 Å². The number of nitrogens with one attached hydrogen (secondary N) is 1. The van der Waals surface area contributed by atoms with Crippen molar-refractivity contribution >= 4 is 23.5 Å². The van der Waals surface area contributed by atoms with Crippen molar-refractivity contribution in [2.75, 3.05) is 20.1 Å². The van der Waals surface area contributed by atoms with E-state index in [-0.39, 0.29) is 18.0 Å². The Morgan fingerprint density at radius 1 is 1.03 bits per heavy atom. The van der Waals surface area contributed by atoms with Crippen molar-refractivity contribution in [1.82, 2.24) is 15.1 Å². The molecule has 0 bridgehead atoms. The second-order valence-corrected chi connectivity index (χ2v) is 7.98. The van der Waals surface area contributed by atoms with Gasteiger partial charge >= 0.3 is 6.03 Å². The average molecular weight is 414 g/mol. The maximum absolute atomic E-state index is 12.5. The Labute approximate surface area is 177 Å². The predicted molar refractivity (Wildman–Crippen MR) is 116 cm³/mol. The number of likely N-dealkylation sites (tertiary alicyclic amines) is 1. The smallest absolute Gasteiger partial charge is 0.317 e. The minimum Gasteiger partial charge on any atom is -0.339 e. The molecule has 1 aliphatic heterocycles. The highest BCUT2D eigenvalue weighted by Crippen LogP contribution is 2.21. The van der Waals surface area contributed by atoms with E-state index in [1.807, 2.05) is 60.4 Å². The highest BCUT2D eigenvalue weighted by atomic mass is 35.5. The third kappa shape index (κ3) is 5.51. The summed E-state index contributed by atoms with van der Waals surface area (Å²) >= 11 is 5.93. The maximum Gasteiger partial charge on any atom is 0.317 e. The molecule has 1 aliphatic rings. The lowest BCUT2D eigenvalue weighted by Gasteiger charge is -2.27. The second-order valence-electron chi connectivity index (χ2n) is 7.55. The SMILES string of the molecule is CC(c1ccc(Cl)cc1)N(C)C(=O)NCc1ccc(C(=O)N2CCCCC2)cc1. The molecule has 1 saturated heterocycles. The van der Waals surface area contributed by atoms with Crippen LogP contribution in [0.1, 0.15) is 53.7 Å². The van der Waals surface area contributed by atoms with E-state index in [1.54, 1.807) is 11.9 Å². The normalized spacial score (nSPS) is 14.9. The molecule has 1 N–H and O–H groups in total. The number of carbonyl (C=O) groups is 2. The summed E-state index contributed by atoms with van der Waals surface area (Å²) < 4.78 is 0. The van der Waals surface area contributed by atoms with Crippen LogP contribution in [0.2, 0.25) is 5.02 Å². The lowest BCUT2D eigenvalue weighted by molar-refractivity contribution is 0.0724. The molecular weight excluding hydrogens is 386 g/mol. The summed E-state index contributed by atoms with van der Waals surface area (Å²) in [7, 11) is 1.77. The van der Waals surface area contributed by atoms with Gasteiger partial charge in [-0.15, -0.1) is 0 Å². The third-order valence-electron chi connectivity index (χ3n) is 5.54. The molecule has 1 atom stereocenters. The fourth-order valence-corrected chi connectivity index (χ4v) is 3.61. The summed E-state index contributed by atoms with van der Waals surface area (Å²) in [6, 6.07) is 14.8. The largest absolute Gasteiger partial charge is 0.339 e. The van der Waals surface area contributed by atoms with Crippen LogP contribution < -0.4 is 5.32 Å². The van der Waals surface area contributed by atoms with Crippen LogP contribution in [-0.2, 0) is 6.54 Å². The first-order valence-corrected chi connectivity index (χ1v) is 10.5. The summed E-state index contributed by atoms with van der Waals surface area (Å²) in [5.74, 6) is 0.0943. The molecule has 5 nitrogen and oxygen atoms in total. The molecule has 0 aliphatic carbocycles. The number of carbonyl (C=O) groups excluding carboxylic acids is 2. The van der Waals surface area contributed by atoms with Crippen molar-refractivity contribution < 1.29 is 9.59 Å². The first kappa shape index (κ1) is 21.2. The van der Waals surface area contributed by atoms with Crippen LogP contribution in [0.25, 0.3) is 0 Å². The third-order valence-corrected chi connectivity index (χ3v) is 5.79. The van der Waals surface area contributed by atoms with Crippen molar-refractivity contribution in [3.63, 3.8) is 0 Å². The van der Waals surface area contributed by atoms with E-state index in [0.717, 1.165) is 37.1 Å². The molecule has 3 rings (SSSR count). The van der Waals surface area contributed by atoms with Crippen molar-refractivity contribution in [1.29, 1.82) is 0 Å². The van der Waals surface area contributed by atoms with Gasteiger partial charge in [-0.2, -0.15) is 0 Å². The number of halogens is 1. The molecule has 1 fully saturated rings. The molecule has 2 aromatic rings. The summed E-state index contributed by atoms with van der Waals surface area (Å²) in [6.45, 7) is 4.07. The molecule has 1 heterocycles. The van der Waals surface area contributed by atoms with E-state index in [4.69, 9.17) is 11.6 Å². The lowest BCUT2D eigenvalue weighted by Crippen LogP contribution is -2.38. The summed E-state index contributed by atoms with van der Waals surface area (Å²) in [6.07, 6.45) is 3.36. The molecule has 6 heteroatoms. The number of urea groups is 1. The van der Waals surface area contributed by atoms with Gasteiger partial charge in [0.05, 0.1) is 6.04 Å². The van der Waals surface area contributed by atoms with E-state index >= 15 is 0 Å². The predicted octanol–water partition coefficient (Wildman–Crippen LogP) is 4.87. The number of benzene rings is 2. The zero-order chi connectivity index (χ0) is 20.8. The van der Waals surface area contributed by atoms with Crippen LogP contribution in [0.15, 0.2) is 48.5 Å². The van der Waals surface area contributed by atoms with Crippen molar-refractivity contribution in [2.45, 2.75) is 38.8 Å². The molecule has 154 valence electrons. The number of hydrogen-bond acceptors (Lipinski definition) is 2. The molecule has 2 aromatic carbocycles. The van der Waals surface area contributed by atoms with Gasteiger partial charge < -0.3 is 15.1 Å². The van der Waals surface area contributed by atoms with Gasteiger partial charge in [-0.1, -0.05) is 35.9 Å². The Morgan fingerprint density at radius 2 is 1.66 bits per heavy atom. The first-order valence-electron chi connectivity index (χ1n) is 10.1. The van der Waals surface area contributed by atoms with Crippen LogP contribution in [0.3, 0.4) is 0 Å². The summed E-state index contributed by atoms with van der Waals surface area (Å²) in [4.78, 5) is 28.6. The number of piperidine rings is 1. The number of rotatable bonds is 5. The van der Waals surface area contributed by atoms with Crippen LogP contribution >= 0.6 is 11.6 Å². The van der Waals surface area contributed by atoms with Gasteiger partial charge in [-0.3, -0.25) is 4.79 Å². The zero-order valence-electron chi connectivity index (χ0n) is 17.0. The van der Waals surface area contributed by atoms with Gasteiger partial charge in [0.15, 0.2) is 0 Å². The Bertz CT molecular complexity index is 830. The highest BCUT2D eigenvalue weighted by Gasteiger charge is 2.19. The topological polar surface area (TPSA) is 52.7 Å². The van der Waals surface area contributed by atoms with Crippen molar-refractivity contribution in [3.8, 4) is 0 Å². The zero-order valence-corrected chi connectivity index (χ0v) is 17.8. The number of amides is 3. The Kier molecular flexibility index (Phi) is 7.15. The fraction of sp³-hybridized carbons (Fsp3) is 0.391. The number of hydrogen-bond donors (Lipinski definition) is 1. The van der Waals surface area contributed by atoms with Gasteiger partial charge in [-0.25, -0.2) is 4.79 Å². The van der Waals surface area contributed by atoms with Gasteiger partial charge in [0, 0.05) is 37.3 Å². The van der Waals surface area contributed by atoms with E-state index < -0.39 is 0 Å². The van der Waals surface area contributed by atoms with Crippen LogP contribution in [0.5, 0.6) is 0 Å². The van der Waals surface area contributed by atoms with E-state index in [0.29, 0.717) is 17.1 Å². The standard InChI is InChI=1S/C23H28ClN3O2/c1-17(19-10-12-21(24)13-11-19)26(2)23(29)25-16-18-6-8-20(9-7-18)22(28)27-14-4-3-5-15-27/h6-13,17H,3-5,14-16H2,1-2H3,(H,25,29). The molecule has 3 amide bonds. The van der Waals surface area contributed by atoms with E-state index in [2.05, 4.69) is 5.32 Å². The monoisotopic (exact) mass is 413 g/mol. The molecular formula is C23H28ClN3O2. The number of nitrogens with zero attached hydrogens (tertiary/aromatic N) is 2. The fourth-order valence-electron chi connectivity index (χ4n) is 3.49. The average Bonchev–Trinajstić information content (AvgIpc) is 2.77. The molecule has 0 saturated carbocycles. The first-order chi connectivity index (χ1) is 14.0. The van der Waals surface area contributed by atoms with Gasteiger partial charge in [-0.05, 0) is 61.6 Å². The maximum atomic E-state index is 12.5. The molecule has 29 heavy (non-hydrogen) atoms. The minimum atomic E-state index is -0.152. The second kappa shape index (κ2) is 9.79. The van der Waals surface area contributed by atoms with Crippen LogP contribution in [0.4, 0.5) is 4.79 Å². The van der Waals surface area contributed by atoms with Gasteiger partial charge in [0.25, 0.3) is 5.91 Å². The van der Waals surface area contributed by atoms with E-state index in [1.165, 1.54) is 6.42 Å². The summed E-state index contributed by atoms with van der Waals surface area (Å²) in [5.41, 5.74) is 2.68. The molecule has 0 aromatic heterocycles. The Morgan fingerprint density at radius 3 is 2.28 bits per heavy atom. The highest BCUT2D eigenvalue weighted by molar-refractivity contribution is 6.30. The van der Waals surface area contributed by atoms with Gasteiger partial charge in [0.2, 0.25) is 0 Å². The van der Waals surface area contributed by atoms with E-state index in [9.17, 15) is 9.59 Å². The van der Waals surface area contributed by atoms with Crippen LogP contribution in [-0.4, -0.2) is 41.9 Å². The van der Waals surface area contributed by atoms with Crippen LogP contribution in [0, 0.1) is 0 Å². The molecule has 1 unspecified atom stereocenters. The lowest BCUT2D eigenvalue weighted by atomic mass is 10.1. The minimum absolute atomic E-state index is 0.0724.